The van der Waals surface area contributed by atoms with Gasteiger partial charge < -0.3 is 29.9 Å². The quantitative estimate of drug-likeness (QED) is 0.250. The first kappa shape index (κ1) is 29.3. The molecule has 42 heavy (non-hydrogen) atoms. The summed E-state index contributed by atoms with van der Waals surface area (Å²) < 4.78 is 39.0. The fourth-order valence-corrected chi connectivity index (χ4v) is 5.46. The molecule has 0 radical (unpaired) electrons. The molecular weight excluding hydrogens is 546 g/mol. The van der Waals surface area contributed by atoms with E-state index < -0.39 is 28.6 Å². The minimum absolute atomic E-state index is 0.0524. The molecule has 1 aliphatic carbocycles. The van der Waals surface area contributed by atoms with Gasteiger partial charge in [0.15, 0.2) is 11.6 Å². The van der Waals surface area contributed by atoms with Crippen molar-refractivity contribution in [1.29, 1.82) is 0 Å². The first-order valence-corrected chi connectivity index (χ1v) is 14.0. The molecule has 2 amide bonds. The minimum atomic E-state index is -1.06. The molecule has 1 heterocycles. The maximum Gasteiger partial charge on any atom is 0.321 e. The van der Waals surface area contributed by atoms with Crippen molar-refractivity contribution >= 4 is 17.7 Å². The van der Waals surface area contributed by atoms with E-state index in [4.69, 9.17) is 9.47 Å². The molecule has 222 valence electrons. The second-order valence-corrected chi connectivity index (χ2v) is 11.6. The van der Waals surface area contributed by atoms with Gasteiger partial charge in [0.2, 0.25) is 0 Å². The van der Waals surface area contributed by atoms with Crippen LogP contribution in [-0.4, -0.2) is 45.8 Å². The number of hydrogen-bond acceptors (Lipinski definition) is 5. The predicted octanol–water partition coefficient (Wildman–Crippen LogP) is 7.07. The van der Waals surface area contributed by atoms with Crippen molar-refractivity contribution in [3.8, 4) is 23.0 Å². The Morgan fingerprint density at radius 3 is 2.00 bits per heavy atom. The van der Waals surface area contributed by atoms with E-state index in [1.807, 2.05) is 0 Å². The summed E-state index contributed by atoms with van der Waals surface area (Å²) >= 11 is 0. The number of benzene rings is 3. The van der Waals surface area contributed by atoms with Crippen molar-refractivity contribution < 1.29 is 38.1 Å². The van der Waals surface area contributed by atoms with Gasteiger partial charge in [-0.15, -0.1) is 0 Å². The highest BCUT2D eigenvalue weighted by Gasteiger charge is 2.51. The van der Waals surface area contributed by atoms with Gasteiger partial charge >= 0.3 is 12.0 Å². The number of anilines is 1. The molecule has 3 aromatic rings. The molecule has 0 spiro atoms. The topological polar surface area (TPSA) is 108 Å². The number of aliphatic hydroxyl groups is 1. The Morgan fingerprint density at radius 1 is 0.857 bits per heavy atom. The van der Waals surface area contributed by atoms with Crippen LogP contribution in [0.3, 0.4) is 0 Å². The van der Waals surface area contributed by atoms with Crippen LogP contribution in [0, 0.1) is 17.6 Å². The van der Waals surface area contributed by atoms with E-state index in [9.17, 15) is 28.6 Å². The SMILES string of the molecule is CC(C)CC1(O)CCN(C(=O)Nc2cc(Oc3ccc(C4(C(=O)O)CC4)cc3)cc(Oc3ccc(F)c(F)c3)c2)CC1. The van der Waals surface area contributed by atoms with Crippen LogP contribution in [0.1, 0.15) is 51.5 Å². The summed E-state index contributed by atoms with van der Waals surface area (Å²) in [7, 11) is 0. The molecular formula is C32H34F2N2O6. The number of carbonyl (C=O) groups excluding carboxylic acids is 1. The van der Waals surface area contributed by atoms with Crippen molar-refractivity contribution in [2.24, 2.45) is 5.92 Å². The molecule has 3 N–H and O–H groups in total. The van der Waals surface area contributed by atoms with Crippen LogP contribution >= 0.6 is 0 Å². The Morgan fingerprint density at radius 2 is 1.45 bits per heavy atom. The van der Waals surface area contributed by atoms with Crippen LogP contribution < -0.4 is 14.8 Å². The minimum Gasteiger partial charge on any atom is -0.481 e. The summed E-state index contributed by atoms with van der Waals surface area (Å²) in [5.74, 6) is -1.59. The van der Waals surface area contributed by atoms with E-state index >= 15 is 0 Å². The third kappa shape index (κ3) is 6.65. The predicted molar refractivity (Wildman–Crippen MR) is 152 cm³/mol. The third-order valence-corrected chi connectivity index (χ3v) is 7.83. The molecule has 0 aromatic heterocycles. The number of ether oxygens (including phenoxy) is 2. The zero-order chi connectivity index (χ0) is 30.1. The van der Waals surface area contributed by atoms with E-state index in [2.05, 4.69) is 19.2 Å². The van der Waals surface area contributed by atoms with E-state index in [-0.39, 0.29) is 17.5 Å². The Kier molecular flexibility index (Phi) is 8.10. The Hall–Kier alpha value is -4.18. The number of piperidine rings is 1. The second kappa shape index (κ2) is 11.6. The number of carboxylic acid groups (broad SMARTS) is 1. The number of carboxylic acids is 1. The fourth-order valence-electron chi connectivity index (χ4n) is 5.46. The molecule has 10 heteroatoms. The van der Waals surface area contributed by atoms with Crippen LogP contribution in [0.4, 0.5) is 19.3 Å². The lowest BCUT2D eigenvalue weighted by atomic mass is 9.84. The molecule has 0 atom stereocenters. The van der Waals surface area contributed by atoms with Gasteiger partial charge in [-0.1, -0.05) is 26.0 Å². The average molecular weight is 581 g/mol. The second-order valence-electron chi connectivity index (χ2n) is 11.6. The smallest absolute Gasteiger partial charge is 0.321 e. The van der Waals surface area contributed by atoms with Crippen molar-refractivity contribution in [2.75, 3.05) is 18.4 Å². The van der Waals surface area contributed by atoms with Crippen molar-refractivity contribution in [3.05, 3.63) is 77.9 Å². The summed E-state index contributed by atoms with van der Waals surface area (Å²) in [5.41, 5.74) is -0.582. The molecule has 1 saturated heterocycles. The summed E-state index contributed by atoms with van der Waals surface area (Å²) in [6, 6.07) is 14.3. The van der Waals surface area contributed by atoms with Crippen LogP contribution in [0.5, 0.6) is 23.0 Å². The van der Waals surface area contributed by atoms with Crippen LogP contribution in [0.15, 0.2) is 60.7 Å². The highest BCUT2D eigenvalue weighted by atomic mass is 19.2. The maximum absolute atomic E-state index is 13.8. The first-order valence-electron chi connectivity index (χ1n) is 14.0. The Balaban J connectivity index is 1.34. The number of urea groups is 1. The molecule has 1 aliphatic heterocycles. The molecule has 2 fully saturated rings. The van der Waals surface area contributed by atoms with Gasteiger partial charge in [-0.25, -0.2) is 13.6 Å². The average Bonchev–Trinajstić information content (AvgIpc) is 3.73. The third-order valence-electron chi connectivity index (χ3n) is 7.83. The fraction of sp³-hybridized carbons (Fsp3) is 0.375. The zero-order valence-corrected chi connectivity index (χ0v) is 23.5. The van der Waals surface area contributed by atoms with Crippen molar-refractivity contribution in [3.63, 3.8) is 0 Å². The lowest BCUT2D eigenvalue weighted by molar-refractivity contribution is -0.140. The zero-order valence-electron chi connectivity index (χ0n) is 23.5. The van der Waals surface area contributed by atoms with Crippen molar-refractivity contribution in [1.82, 2.24) is 4.90 Å². The standard InChI is InChI=1S/C32H34F2N2O6/c1-20(2)19-31(40)11-13-36(14-12-31)30(39)35-22-15-25(17-26(16-22)42-24-7-8-27(33)28(34)18-24)41-23-5-3-21(4-6-23)32(9-10-32)29(37)38/h3-8,15-18,20,40H,9-14,19H2,1-2H3,(H,35,39)(H,37,38). The number of hydrogen-bond donors (Lipinski definition) is 3. The monoisotopic (exact) mass is 580 g/mol. The number of amides is 2. The van der Waals surface area contributed by atoms with Gasteiger partial charge in [0.05, 0.1) is 11.0 Å². The van der Waals surface area contributed by atoms with Gasteiger partial charge in [0, 0.05) is 43.0 Å². The summed E-state index contributed by atoms with van der Waals surface area (Å²) in [4.78, 5) is 26.4. The highest BCUT2D eigenvalue weighted by Crippen LogP contribution is 2.48. The number of nitrogens with one attached hydrogen (secondary N) is 1. The number of aliphatic carboxylic acids is 1. The largest absolute Gasteiger partial charge is 0.481 e. The lowest BCUT2D eigenvalue weighted by Crippen LogP contribution is -2.48. The van der Waals surface area contributed by atoms with E-state index in [0.29, 0.717) is 73.9 Å². The Labute approximate surface area is 242 Å². The highest BCUT2D eigenvalue weighted by molar-refractivity contribution is 5.90. The van der Waals surface area contributed by atoms with Gasteiger partial charge in [0.1, 0.15) is 23.0 Å². The molecule has 8 nitrogen and oxygen atoms in total. The number of rotatable bonds is 9. The van der Waals surface area contributed by atoms with Crippen molar-refractivity contribution in [2.45, 2.75) is 57.0 Å². The van der Waals surface area contributed by atoms with Gasteiger partial charge in [-0.05, 0) is 67.9 Å². The summed E-state index contributed by atoms with van der Waals surface area (Å²) in [6.07, 6.45) is 2.80. The van der Waals surface area contributed by atoms with Crippen LogP contribution in [0.25, 0.3) is 0 Å². The first-order chi connectivity index (χ1) is 19.9. The summed E-state index contributed by atoms with van der Waals surface area (Å²) in [6.45, 7) is 4.90. The molecule has 0 bridgehead atoms. The Bertz CT molecular complexity index is 1460. The molecule has 5 rings (SSSR count). The molecule has 3 aromatic carbocycles. The van der Waals surface area contributed by atoms with E-state index in [1.165, 1.54) is 18.2 Å². The van der Waals surface area contributed by atoms with Crippen LogP contribution in [-0.2, 0) is 10.2 Å². The van der Waals surface area contributed by atoms with Gasteiger partial charge in [0.25, 0.3) is 0 Å². The van der Waals surface area contributed by atoms with Crippen LogP contribution in [0.2, 0.25) is 0 Å². The number of halogens is 2. The summed E-state index contributed by atoms with van der Waals surface area (Å²) in [5, 5.41) is 23.3. The van der Waals surface area contributed by atoms with E-state index in [0.717, 1.165) is 12.1 Å². The number of likely N-dealkylation sites (tertiary alicyclic amines) is 1. The number of carbonyl (C=O) groups is 2. The lowest BCUT2D eigenvalue weighted by Gasteiger charge is -2.39. The van der Waals surface area contributed by atoms with E-state index in [1.54, 1.807) is 35.2 Å². The normalized spacial score (nSPS) is 17.0. The van der Waals surface area contributed by atoms with Gasteiger partial charge in [-0.2, -0.15) is 0 Å². The maximum atomic E-state index is 13.8. The number of nitrogens with zero attached hydrogens (tertiary/aromatic N) is 1. The molecule has 1 saturated carbocycles. The molecule has 2 aliphatic rings. The van der Waals surface area contributed by atoms with Gasteiger partial charge in [-0.3, -0.25) is 4.79 Å². The molecule has 0 unspecified atom stereocenters.